The summed E-state index contributed by atoms with van der Waals surface area (Å²) < 4.78 is 0. The second kappa shape index (κ2) is 7.69. The third-order valence-corrected chi connectivity index (χ3v) is 5.13. The number of allylic oxidation sites excluding steroid dienone is 1. The number of benzene rings is 2. The van der Waals surface area contributed by atoms with Crippen molar-refractivity contribution in [3.63, 3.8) is 0 Å². The summed E-state index contributed by atoms with van der Waals surface area (Å²) in [6, 6.07) is 21.2. The van der Waals surface area contributed by atoms with Crippen molar-refractivity contribution in [2.75, 3.05) is 4.90 Å². The summed E-state index contributed by atoms with van der Waals surface area (Å²) in [5.41, 5.74) is 0.963. The number of hydrogen-bond donors (Lipinski definition) is 0. The maximum atomic E-state index is 12.9. The van der Waals surface area contributed by atoms with Crippen LogP contribution in [0.25, 0.3) is 0 Å². The Morgan fingerprint density at radius 2 is 1.58 bits per heavy atom. The molecule has 1 aliphatic heterocycles. The maximum absolute atomic E-state index is 12.9. The Balaban J connectivity index is 1.94. The van der Waals surface area contributed by atoms with Gasteiger partial charge in [0.25, 0.3) is 0 Å². The highest BCUT2D eigenvalue weighted by Gasteiger charge is 2.40. The number of nitriles is 2. The van der Waals surface area contributed by atoms with E-state index in [1.165, 1.54) is 4.90 Å². The van der Waals surface area contributed by atoms with Crippen LogP contribution in [-0.2, 0) is 4.79 Å². The van der Waals surface area contributed by atoms with Crippen LogP contribution in [0.4, 0.5) is 5.69 Å². The van der Waals surface area contributed by atoms with E-state index in [4.69, 9.17) is 0 Å². The van der Waals surface area contributed by atoms with Crippen molar-refractivity contribution in [3.05, 3.63) is 76.8 Å². The molecule has 0 spiro atoms. The molecule has 0 bridgehead atoms. The van der Waals surface area contributed by atoms with Gasteiger partial charge in [-0.2, -0.15) is 10.5 Å². The van der Waals surface area contributed by atoms with Gasteiger partial charge in [-0.05, 0) is 12.1 Å². The highest BCUT2D eigenvalue weighted by atomic mass is 32.2. The summed E-state index contributed by atoms with van der Waals surface area (Å²) in [5.74, 6) is -0.454. The molecule has 0 N–H and O–H groups in total. The number of para-hydroxylation sites is 1. The predicted octanol–water partition coefficient (Wildman–Crippen LogP) is 3.67. The molecule has 3 rings (SSSR count). The molecule has 5 nitrogen and oxygen atoms in total. The largest absolute Gasteiger partial charge is 0.294 e. The standard InChI is InChI=1S/C20H13N3O2S/c21-12-15(13-22)20-23(16-9-5-2-6-10-16)19(25)18(26-20)11-17(24)14-7-3-1-4-8-14/h1-10,18H,11H2. The van der Waals surface area contributed by atoms with E-state index in [1.807, 2.05) is 24.3 Å². The fraction of sp³-hybridized carbons (Fsp3) is 0.100. The summed E-state index contributed by atoms with van der Waals surface area (Å²) >= 11 is 1.09. The molecule has 1 atom stereocenters. The minimum Gasteiger partial charge on any atom is -0.294 e. The molecule has 126 valence electrons. The lowest BCUT2D eigenvalue weighted by Crippen LogP contribution is -2.30. The number of anilines is 1. The summed E-state index contributed by atoms with van der Waals surface area (Å²) in [7, 11) is 0. The van der Waals surface area contributed by atoms with Gasteiger partial charge in [0, 0.05) is 17.7 Å². The molecule has 1 amide bonds. The number of Topliss-reactive ketones (excluding diaryl/α,β-unsaturated/α-hetero) is 1. The van der Waals surface area contributed by atoms with Crippen LogP contribution in [0.3, 0.4) is 0 Å². The summed E-state index contributed by atoms with van der Waals surface area (Å²) in [5, 5.41) is 18.1. The smallest absolute Gasteiger partial charge is 0.246 e. The summed E-state index contributed by atoms with van der Waals surface area (Å²) in [4.78, 5) is 26.8. The van der Waals surface area contributed by atoms with Gasteiger partial charge in [-0.15, -0.1) is 0 Å². The van der Waals surface area contributed by atoms with Crippen molar-refractivity contribution in [2.45, 2.75) is 11.7 Å². The number of ketones is 1. The predicted molar refractivity (Wildman–Crippen MR) is 98.9 cm³/mol. The number of nitrogens with zero attached hydrogens (tertiary/aromatic N) is 3. The highest BCUT2D eigenvalue weighted by molar-refractivity contribution is 8.05. The monoisotopic (exact) mass is 359 g/mol. The zero-order valence-corrected chi connectivity index (χ0v) is 14.4. The van der Waals surface area contributed by atoms with E-state index in [9.17, 15) is 20.1 Å². The number of carbonyl (C=O) groups is 2. The van der Waals surface area contributed by atoms with Crippen LogP contribution >= 0.6 is 11.8 Å². The lowest BCUT2D eigenvalue weighted by Gasteiger charge is -2.17. The van der Waals surface area contributed by atoms with Crippen molar-refractivity contribution >= 4 is 29.1 Å². The first-order chi connectivity index (χ1) is 12.7. The Kier molecular flexibility index (Phi) is 5.17. The molecule has 1 aliphatic rings. The van der Waals surface area contributed by atoms with E-state index in [0.717, 1.165) is 11.8 Å². The van der Waals surface area contributed by atoms with Gasteiger partial charge in [-0.3, -0.25) is 14.5 Å². The molecule has 2 aromatic carbocycles. The van der Waals surface area contributed by atoms with E-state index in [-0.39, 0.29) is 28.7 Å². The first kappa shape index (κ1) is 17.5. The zero-order chi connectivity index (χ0) is 18.5. The van der Waals surface area contributed by atoms with Gasteiger partial charge < -0.3 is 0 Å². The summed E-state index contributed by atoms with van der Waals surface area (Å²) in [6.45, 7) is 0. The lowest BCUT2D eigenvalue weighted by molar-refractivity contribution is -0.117. The molecule has 26 heavy (non-hydrogen) atoms. The molecular formula is C20H13N3O2S. The van der Waals surface area contributed by atoms with Crippen LogP contribution in [0.2, 0.25) is 0 Å². The number of hydrogen-bond acceptors (Lipinski definition) is 5. The molecule has 0 aromatic heterocycles. The van der Waals surface area contributed by atoms with Crippen molar-refractivity contribution in [2.24, 2.45) is 0 Å². The van der Waals surface area contributed by atoms with Gasteiger partial charge in [0.05, 0.1) is 5.25 Å². The molecule has 1 heterocycles. The molecule has 0 saturated carbocycles. The number of amides is 1. The third kappa shape index (κ3) is 3.37. The molecule has 2 aromatic rings. The first-order valence-electron chi connectivity index (χ1n) is 7.84. The second-order valence-electron chi connectivity index (χ2n) is 5.51. The van der Waals surface area contributed by atoms with Crippen LogP contribution in [0.5, 0.6) is 0 Å². The third-order valence-electron chi connectivity index (χ3n) is 3.87. The van der Waals surface area contributed by atoms with Gasteiger partial charge in [0.15, 0.2) is 11.4 Å². The fourth-order valence-electron chi connectivity index (χ4n) is 2.63. The highest BCUT2D eigenvalue weighted by Crippen LogP contribution is 2.41. The Labute approximate surface area is 155 Å². The molecule has 0 radical (unpaired) electrons. The first-order valence-corrected chi connectivity index (χ1v) is 8.72. The average molecular weight is 359 g/mol. The van der Waals surface area contributed by atoms with Gasteiger partial charge in [0.2, 0.25) is 5.91 Å². The average Bonchev–Trinajstić information content (AvgIpc) is 3.00. The summed E-state index contributed by atoms with van der Waals surface area (Å²) in [6.07, 6.45) is 0.00445. The van der Waals surface area contributed by atoms with Crippen LogP contribution in [-0.4, -0.2) is 16.9 Å². The number of thioether (sulfide) groups is 1. The normalized spacial score (nSPS) is 16.1. The molecule has 1 fully saturated rings. The minimum atomic E-state index is -0.672. The van der Waals surface area contributed by atoms with E-state index in [1.54, 1.807) is 48.5 Å². The Bertz CT molecular complexity index is 940. The van der Waals surface area contributed by atoms with Gasteiger partial charge in [-0.1, -0.05) is 60.3 Å². The van der Waals surface area contributed by atoms with Crippen LogP contribution in [0.15, 0.2) is 71.3 Å². The van der Waals surface area contributed by atoms with Crippen molar-refractivity contribution in [1.82, 2.24) is 0 Å². The molecule has 1 saturated heterocycles. The topological polar surface area (TPSA) is 85.0 Å². The quantitative estimate of drug-likeness (QED) is 0.614. The second-order valence-corrected chi connectivity index (χ2v) is 6.70. The maximum Gasteiger partial charge on any atom is 0.246 e. The molecule has 0 aliphatic carbocycles. The van der Waals surface area contributed by atoms with Crippen molar-refractivity contribution in [3.8, 4) is 12.1 Å². The van der Waals surface area contributed by atoms with Gasteiger partial charge in [0.1, 0.15) is 17.2 Å². The van der Waals surface area contributed by atoms with E-state index >= 15 is 0 Å². The van der Waals surface area contributed by atoms with Crippen molar-refractivity contribution in [1.29, 1.82) is 10.5 Å². The Morgan fingerprint density at radius 3 is 2.15 bits per heavy atom. The molecule has 1 unspecified atom stereocenters. The number of carbonyl (C=O) groups excluding carboxylic acids is 2. The van der Waals surface area contributed by atoms with Crippen LogP contribution in [0, 0.1) is 22.7 Å². The Morgan fingerprint density at radius 1 is 1.00 bits per heavy atom. The SMILES string of the molecule is N#CC(C#N)=C1SC(CC(=O)c2ccccc2)C(=O)N1c1ccccc1. The van der Waals surface area contributed by atoms with E-state index < -0.39 is 5.25 Å². The molecular weight excluding hydrogens is 346 g/mol. The van der Waals surface area contributed by atoms with Gasteiger partial charge in [-0.25, -0.2) is 0 Å². The van der Waals surface area contributed by atoms with E-state index in [0.29, 0.717) is 11.3 Å². The molecule has 6 heteroatoms. The lowest BCUT2D eigenvalue weighted by atomic mass is 10.1. The van der Waals surface area contributed by atoms with Crippen molar-refractivity contribution < 1.29 is 9.59 Å². The number of rotatable bonds is 4. The zero-order valence-electron chi connectivity index (χ0n) is 13.6. The van der Waals surface area contributed by atoms with Gasteiger partial charge >= 0.3 is 0 Å². The van der Waals surface area contributed by atoms with Crippen LogP contribution in [0.1, 0.15) is 16.8 Å². The Hall–Kier alpha value is -3.35. The minimum absolute atomic E-state index is 0.00445. The van der Waals surface area contributed by atoms with E-state index in [2.05, 4.69) is 0 Å². The van der Waals surface area contributed by atoms with Crippen LogP contribution < -0.4 is 4.90 Å². The fourth-order valence-corrected chi connectivity index (χ4v) is 3.85.